The molecule has 1 aromatic rings. The molecule has 1 heterocycles. The number of aryl methyl sites for hydroxylation is 1. The molecule has 0 spiro atoms. The minimum atomic E-state index is -0.617. The Balaban J connectivity index is 2.86. The van der Waals surface area contributed by atoms with Crippen molar-refractivity contribution in [1.29, 1.82) is 0 Å². The minimum absolute atomic E-state index is 0.000920. The Morgan fingerprint density at radius 3 is 2.80 bits per heavy atom. The van der Waals surface area contributed by atoms with E-state index in [1.807, 2.05) is 19.9 Å². The van der Waals surface area contributed by atoms with E-state index in [-0.39, 0.29) is 6.10 Å². The number of hydrogen-bond donors (Lipinski definition) is 2. The summed E-state index contributed by atoms with van der Waals surface area (Å²) in [6.07, 6.45) is 1.54. The summed E-state index contributed by atoms with van der Waals surface area (Å²) in [7, 11) is 1.62. The van der Waals surface area contributed by atoms with E-state index in [4.69, 9.17) is 10.5 Å². The van der Waals surface area contributed by atoms with Crippen LogP contribution in [0.4, 0.5) is 5.82 Å². The van der Waals surface area contributed by atoms with E-state index < -0.39 is 6.10 Å². The molecule has 0 saturated heterocycles. The van der Waals surface area contributed by atoms with Crippen molar-refractivity contribution in [3.8, 4) is 0 Å². The molecule has 1 aromatic heterocycles. The fourth-order valence-electron chi connectivity index (χ4n) is 1.55. The summed E-state index contributed by atoms with van der Waals surface area (Å²) in [4.78, 5) is 3.97. The fourth-order valence-corrected chi connectivity index (χ4v) is 1.55. The third kappa shape index (κ3) is 2.91. The second-order valence-corrected chi connectivity index (χ2v) is 3.72. The predicted octanol–water partition coefficient (Wildman–Crippen LogP) is 1.43. The van der Waals surface area contributed by atoms with Gasteiger partial charge in [0.05, 0.1) is 12.2 Å². The maximum atomic E-state index is 9.98. The molecule has 0 radical (unpaired) electrons. The predicted molar refractivity (Wildman–Crippen MR) is 59.4 cm³/mol. The SMILES string of the molecule is COC(C)CC(O)c1c(C)ccnc1N. The first-order valence-electron chi connectivity index (χ1n) is 4.98. The molecular weight excluding hydrogens is 192 g/mol. The van der Waals surface area contributed by atoms with E-state index in [9.17, 15) is 5.11 Å². The molecule has 0 saturated carbocycles. The Hall–Kier alpha value is -1.13. The molecule has 4 heteroatoms. The van der Waals surface area contributed by atoms with Crippen LogP contribution in [-0.2, 0) is 4.74 Å². The van der Waals surface area contributed by atoms with Crippen LogP contribution in [0.1, 0.15) is 30.6 Å². The number of nitrogens with zero attached hydrogens (tertiary/aromatic N) is 1. The van der Waals surface area contributed by atoms with Gasteiger partial charge in [0, 0.05) is 25.3 Å². The van der Waals surface area contributed by atoms with Crippen molar-refractivity contribution in [2.75, 3.05) is 12.8 Å². The maximum Gasteiger partial charge on any atom is 0.129 e. The zero-order chi connectivity index (χ0) is 11.4. The summed E-state index contributed by atoms with van der Waals surface area (Å²) < 4.78 is 5.10. The molecule has 15 heavy (non-hydrogen) atoms. The van der Waals surface area contributed by atoms with Crippen LogP contribution in [0.3, 0.4) is 0 Å². The van der Waals surface area contributed by atoms with Crippen molar-refractivity contribution in [3.05, 3.63) is 23.4 Å². The van der Waals surface area contributed by atoms with Crippen LogP contribution >= 0.6 is 0 Å². The highest BCUT2D eigenvalue weighted by Crippen LogP contribution is 2.26. The third-order valence-electron chi connectivity index (χ3n) is 2.53. The highest BCUT2D eigenvalue weighted by atomic mass is 16.5. The van der Waals surface area contributed by atoms with E-state index >= 15 is 0 Å². The molecule has 2 unspecified atom stereocenters. The van der Waals surface area contributed by atoms with Crippen LogP contribution in [0, 0.1) is 6.92 Å². The van der Waals surface area contributed by atoms with Crippen LogP contribution in [0.25, 0.3) is 0 Å². The fraction of sp³-hybridized carbons (Fsp3) is 0.545. The zero-order valence-corrected chi connectivity index (χ0v) is 9.40. The summed E-state index contributed by atoms with van der Waals surface area (Å²) in [6, 6.07) is 1.84. The number of hydrogen-bond acceptors (Lipinski definition) is 4. The van der Waals surface area contributed by atoms with Gasteiger partial charge in [0.15, 0.2) is 0 Å². The average molecular weight is 210 g/mol. The van der Waals surface area contributed by atoms with Crippen molar-refractivity contribution in [3.63, 3.8) is 0 Å². The molecule has 0 aliphatic carbocycles. The number of methoxy groups -OCH3 is 1. The van der Waals surface area contributed by atoms with E-state index in [0.29, 0.717) is 17.8 Å². The Morgan fingerprint density at radius 1 is 1.60 bits per heavy atom. The Morgan fingerprint density at radius 2 is 2.27 bits per heavy atom. The quantitative estimate of drug-likeness (QED) is 0.788. The van der Waals surface area contributed by atoms with Crippen LogP contribution in [-0.4, -0.2) is 23.3 Å². The smallest absolute Gasteiger partial charge is 0.129 e. The standard InChI is InChI=1S/C11H18N2O2/c1-7-4-5-13-11(12)10(7)9(14)6-8(2)15-3/h4-5,8-9,14H,6H2,1-3H3,(H2,12,13). The van der Waals surface area contributed by atoms with Gasteiger partial charge in [0.1, 0.15) is 5.82 Å². The van der Waals surface area contributed by atoms with Crippen molar-refractivity contribution in [2.24, 2.45) is 0 Å². The highest BCUT2D eigenvalue weighted by Gasteiger charge is 2.17. The van der Waals surface area contributed by atoms with Gasteiger partial charge in [0.2, 0.25) is 0 Å². The Kier molecular flexibility index (Phi) is 4.05. The number of nitrogen functional groups attached to an aromatic ring is 1. The van der Waals surface area contributed by atoms with Crippen LogP contribution in [0.15, 0.2) is 12.3 Å². The molecule has 3 N–H and O–H groups in total. The van der Waals surface area contributed by atoms with Crippen molar-refractivity contribution in [2.45, 2.75) is 32.5 Å². The zero-order valence-electron chi connectivity index (χ0n) is 9.40. The molecule has 2 atom stereocenters. The van der Waals surface area contributed by atoms with Crippen molar-refractivity contribution in [1.82, 2.24) is 4.98 Å². The van der Waals surface area contributed by atoms with Gasteiger partial charge >= 0.3 is 0 Å². The lowest BCUT2D eigenvalue weighted by molar-refractivity contribution is 0.0559. The second-order valence-electron chi connectivity index (χ2n) is 3.72. The van der Waals surface area contributed by atoms with E-state index in [0.717, 1.165) is 5.56 Å². The number of rotatable bonds is 4. The van der Waals surface area contributed by atoms with Crippen molar-refractivity contribution >= 4 is 5.82 Å². The monoisotopic (exact) mass is 210 g/mol. The minimum Gasteiger partial charge on any atom is -0.388 e. The summed E-state index contributed by atoms with van der Waals surface area (Å²) in [5, 5.41) is 9.98. The largest absolute Gasteiger partial charge is 0.388 e. The third-order valence-corrected chi connectivity index (χ3v) is 2.53. The molecule has 0 aliphatic rings. The Bertz CT molecular complexity index is 308. The van der Waals surface area contributed by atoms with Crippen LogP contribution in [0.5, 0.6) is 0 Å². The van der Waals surface area contributed by atoms with Gasteiger partial charge in [-0.2, -0.15) is 0 Å². The molecule has 84 valence electrons. The van der Waals surface area contributed by atoms with Crippen LogP contribution < -0.4 is 5.73 Å². The van der Waals surface area contributed by atoms with Gasteiger partial charge < -0.3 is 15.6 Å². The Labute approximate surface area is 90.1 Å². The summed E-state index contributed by atoms with van der Waals surface area (Å²) in [6.45, 7) is 3.82. The number of nitrogens with two attached hydrogens (primary N) is 1. The molecular formula is C11H18N2O2. The summed E-state index contributed by atoms with van der Waals surface area (Å²) >= 11 is 0. The lowest BCUT2D eigenvalue weighted by atomic mass is 10.0. The summed E-state index contributed by atoms with van der Waals surface area (Å²) in [5.41, 5.74) is 7.39. The number of aromatic nitrogens is 1. The molecule has 1 rings (SSSR count). The number of aliphatic hydroxyl groups is 1. The highest BCUT2D eigenvalue weighted by molar-refractivity contribution is 5.45. The number of pyridine rings is 1. The van der Waals surface area contributed by atoms with Gasteiger partial charge in [-0.05, 0) is 25.5 Å². The maximum absolute atomic E-state index is 9.98. The van der Waals surface area contributed by atoms with Gasteiger partial charge in [-0.1, -0.05) is 0 Å². The van der Waals surface area contributed by atoms with Gasteiger partial charge in [-0.15, -0.1) is 0 Å². The number of ether oxygens (including phenoxy) is 1. The lowest BCUT2D eigenvalue weighted by Crippen LogP contribution is -2.14. The summed E-state index contributed by atoms with van der Waals surface area (Å²) in [5.74, 6) is 0.394. The molecule has 4 nitrogen and oxygen atoms in total. The molecule has 0 fully saturated rings. The van der Waals surface area contributed by atoms with Gasteiger partial charge in [-0.25, -0.2) is 4.98 Å². The molecule has 0 aliphatic heterocycles. The van der Waals surface area contributed by atoms with Crippen LogP contribution in [0.2, 0.25) is 0 Å². The first-order valence-corrected chi connectivity index (χ1v) is 4.98. The van der Waals surface area contributed by atoms with E-state index in [1.54, 1.807) is 13.3 Å². The molecule has 0 aromatic carbocycles. The van der Waals surface area contributed by atoms with E-state index in [1.165, 1.54) is 0 Å². The van der Waals surface area contributed by atoms with E-state index in [2.05, 4.69) is 4.98 Å². The normalized spacial score (nSPS) is 14.9. The lowest BCUT2D eigenvalue weighted by Gasteiger charge is -2.18. The first-order chi connectivity index (χ1) is 7.06. The first kappa shape index (κ1) is 11.9. The van der Waals surface area contributed by atoms with Crippen molar-refractivity contribution < 1.29 is 9.84 Å². The second kappa shape index (κ2) is 5.09. The molecule has 0 bridgehead atoms. The molecule has 0 amide bonds. The van der Waals surface area contributed by atoms with Gasteiger partial charge in [0.25, 0.3) is 0 Å². The number of aliphatic hydroxyl groups excluding tert-OH is 1. The average Bonchev–Trinajstić information content (AvgIpc) is 2.17. The number of anilines is 1. The topological polar surface area (TPSA) is 68.4 Å². The van der Waals surface area contributed by atoms with Gasteiger partial charge in [-0.3, -0.25) is 0 Å².